The van der Waals surface area contributed by atoms with E-state index in [1.807, 2.05) is 6.08 Å². The molecule has 2 fully saturated rings. The fourth-order valence-electron chi connectivity index (χ4n) is 3.50. The molecule has 0 radical (unpaired) electrons. The first-order valence-corrected chi connectivity index (χ1v) is 6.00. The fraction of sp³-hybridized carbons (Fsp3) is 0.769. The Kier molecular flexibility index (Phi) is 2.96. The van der Waals surface area contributed by atoms with E-state index in [1.165, 1.54) is 0 Å². The van der Waals surface area contributed by atoms with Crippen molar-refractivity contribution in [3.63, 3.8) is 0 Å². The summed E-state index contributed by atoms with van der Waals surface area (Å²) in [6.45, 7) is 3.80. The molecule has 2 nitrogen and oxygen atoms in total. The van der Waals surface area contributed by atoms with Crippen molar-refractivity contribution >= 4 is 5.78 Å². The van der Waals surface area contributed by atoms with Crippen molar-refractivity contribution in [1.82, 2.24) is 0 Å². The Labute approximate surface area is 91.4 Å². The minimum absolute atomic E-state index is 0.0199. The van der Waals surface area contributed by atoms with Gasteiger partial charge in [0.25, 0.3) is 0 Å². The Morgan fingerprint density at radius 1 is 1.53 bits per heavy atom. The van der Waals surface area contributed by atoms with Crippen LogP contribution in [0, 0.1) is 11.3 Å². The molecular formula is C13H20O2. The van der Waals surface area contributed by atoms with Gasteiger partial charge < -0.3 is 5.11 Å². The van der Waals surface area contributed by atoms with Crippen molar-refractivity contribution in [1.29, 1.82) is 0 Å². The number of carbonyl (C=O) groups excluding carboxylic acids is 1. The van der Waals surface area contributed by atoms with Gasteiger partial charge in [0, 0.05) is 18.3 Å². The van der Waals surface area contributed by atoms with Gasteiger partial charge in [-0.2, -0.15) is 0 Å². The highest BCUT2D eigenvalue weighted by molar-refractivity contribution is 5.79. The van der Waals surface area contributed by atoms with E-state index < -0.39 is 0 Å². The predicted octanol–water partition coefficient (Wildman–Crippen LogP) is 2.46. The van der Waals surface area contributed by atoms with E-state index in [-0.39, 0.29) is 11.5 Å². The van der Waals surface area contributed by atoms with Gasteiger partial charge in [-0.25, -0.2) is 0 Å². The van der Waals surface area contributed by atoms with E-state index in [0.29, 0.717) is 24.5 Å². The monoisotopic (exact) mass is 208 g/mol. The number of aliphatic hydroxyl groups excluding tert-OH is 1. The average Bonchev–Trinajstić information content (AvgIpc) is 2.21. The van der Waals surface area contributed by atoms with E-state index in [1.54, 1.807) is 0 Å². The smallest absolute Gasteiger partial charge is 0.133 e. The van der Waals surface area contributed by atoms with Crippen molar-refractivity contribution in [2.75, 3.05) is 0 Å². The summed E-state index contributed by atoms with van der Waals surface area (Å²) in [7, 11) is 0. The number of hydrogen-bond acceptors (Lipinski definition) is 2. The molecule has 0 spiro atoms. The zero-order valence-electron chi connectivity index (χ0n) is 9.24. The standard InChI is InChI=1S/C13H20O2/c1-2-7-13-8-6-11(14)9-10(13)4-3-5-12(13)15/h2,10,12,15H,1,3-9H2/t10-,12-,13-/m1/s1. The molecular weight excluding hydrogens is 188 g/mol. The Bertz CT molecular complexity index is 272. The zero-order valence-corrected chi connectivity index (χ0v) is 9.24. The summed E-state index contributed by atoms with van der Waals surface area (Å²) in [6.07, 6.45) is 7.84. The maximum Gasteiger partial charge on any atom is 0.133 e. The number of hydrogen-bond donors (Lipinski definition) is 1. The molecule has 2 heteroatoms. The molecule has 0 bridgehead atoms. The fourth-order valence-corrected chi connectivity index (χ4v) is 3.50. The number of fused-ring (bicyclic) bond motifs is 1. The molecule has 0 saturated heterocycles. The molecule has 84 valence electrons. The van der Waals surface area contributed by atoms with Crippen molar-refractivity contribution in [3.8, 4) is 0 Å². The third-order valence-electron chi connectivity index (χ3n) is 4.37. The normalized spacial score (nSPS) is 41.0. The lowest BCUT2D eigenvalue weighted by Crippen LogP contribution is -2.48. The SMILES string of the molecule is C=CC[C@@]12CCC(=O)C[C@H]1CCC[C@H]2O. The topological polar surface area (TPSA) is 37.3 Å². The number of carbonyl (C=O) groups is 1. The molecule has 2 rings (SSSR count). The second-order valence-corrected chi connectivity index (χ2v) is 5.11. The van der Waals surface area contributed by atoms with Gasteiger partial charge in [0.15, 0.2) is 0 Å². The van der Waals surface area contributed by atoms with Gasteiger partial charge in [0.1, 0.15) is 5.78 Å². The molecule has 2 aliphatic carbocycles. The first kappa shape index (κ1) is 10.9. The predicted molar refractivity (Wildman–Crippen MR) is 59.5 cm³/mol. The molecule has 0 aromatic carbocycles. The molecule has 2 aliphatic rings. The first-order chi connectivity index (χ1) is 7.19. The maximum atomic E-state index is 11.5. The third-order valence-corrected chi connectivity index (χ3v) is 4.37. The summed E-state index contributed by atoms with van der Waals surface area (Å²) in [4.78, 5) is 11.5. The highest BCUT2D eigenvalue weighted by atomic mass is 16.3. The van der Waals surface area contributed by atoms with Crippen LogP contribution in [0.3, 0.4) is 0 Å². The van der Waals surface area contributed by atoms with Crippen LogP contribution in [0.2, 0.25) is 0 Å². The summed E-state index contributed by atoms with van der Waals surface area (Å²) in [5.74, 6) is 0.786. The quantitative estimate of drug-likeness (QED) is 0.708. The highest BCUT2D eigenvalue weighted by Crippen LogP contribution is 2.51. The largest absolute Gasteiger partial charge is 0.393 e. The lowest BCUT2D eigenvalue weighted by Gasteiger charge is -2.49. The van der Waals surface area contributed by atoms with Crippen molar-refractivity contribution in [3.05, 3.63) is 12.7 Å². The van der Waals surface area contributed by atoms with Crippen LogP contribution in [0.1, 0.15) is 44.9 Å². The van der Waals surface area contributed by atoms with Crippen LogP contribution < -0.4 is 0 Å². The minimum atomic E-state index is -0.220. The van der Waals surface area contributed by atoms with Gasteiger partial charge in [0.05, 0.1) is 6.10 Å². The van der Waals surface area contributed by atoms with E-state index in [0.717, 1.165) is 32.1 Å². The van der Waals surface area contributed by atoms with Crippen molar-refractivity contribution in [2.24, 2.45) is 11.3 Å². The Morgan fingerprint density at radius 2 is 2.33 bits per heavy atom. The van der Waals surface area contributed by atoms with Gasteiger partial charge in [-0.05, 0) is 31.6 Å². The summed E-state index contributed by atoms with van der Waals surface area (Å²) < 4.78 is 0. The molecule has 0 unspecified atom stereocenters. The number of aliphatic hydroxyl groups is 1. The van der Waals surface area contributed by atoms with Crippen LogP contribution in [0.25, 0.3) is 0 Å². The highest BCUT2D eigenvalue weighted by Gasteiger charge is 2.48. The molecule has 15 heavy (non-hydrogen) atoms. The number of rotatable bonds is 2. The molecule has 3 atom stereocenters. The Balaban J connectivity index is 2.23. The maximum absolute atomic E-state index is 11.5. The van der Waals surface area contributed by atoms with Gasteiger partial charge >= 0.3 is 0 Å². The van der Waals surface area contributed by atoms with E-state index in [2.05, 4.69) is 6.58 Å². The summed E-state index contributed by atoms with van der Waals surface area (Å²) >= 11 is 0. The van der Waals surface area contributed by atoms with Crippen LogP contribution >= 0.6 is 0 Å². The summed E-state index contributed by atoms with van der Waals surface area (Å²) in [5.41, 5.74) is -0.0199. The molecule has 1 N–H and O–H groups in total. The molecule has 0 aromatic rings. The van der Waals surface area contributed by atoms with E-state index in [9.17, 15) is 9.90 Å². The second kappa shape index (κ2) is 4.09. The zero-order chi connectivity index (χ0) is 10.9. The summed E-state index contributed by atoms with van der Waals surface area (Å²) in [6, 6.07) is 0. The van der Waals surface area contributed by atoms with Crippen LogP contribution in [-0.4, -0.2) is 17.0 Å². The average molecular weight is 208 g/mol. The number of Topliss-reactive ketones (excluding diaryl/α,β-unsaturated/α-hetero) is 1. The van der Waals surface area contributed by atoms with Crippen LogP contribution in [0.4, 0.5) is 0 Å². The third kappa shape index (κ3) is 1.76. The minimum Gasteiger partial charge on any atom is -0.393 e. The first-order valence-electron chi connectivity index (χ1n) is 6.00. The van der Waals surface area contributed by atoms with Gasteiger partial charge in [-0.1, -0.05) is 12.5 Å². The molecule has 2 saturated carbocycles. The number of allylic oxidation sites excluding steroid dienone is 1. The lowest BCUT2D eigenvalue weighted by atomic mass is 9.56. The van der Waals surface area contributed by atoms with E-state index >= 15 is 0 Å². The van der Waals surface area contributed by atoms with Crippen LogP contribution in [-0.2, 0) is 4.79 Å². The van der Waals surface area contributed by atoms with Gasteiger partial charge in [0.2, 0.25) is 0 Å². The molecule has 0 amide bonds. The van der Waals surface area contributed by atoms with Gasteiger partial charge in [-0.15, -0.1) is 6.58 Å². The van der Waals surface area contributed by atoms with Crippen LogP contribution in [0.15, 0.2) is 12.7 Å². The Morgan fingerprint density at radius 3 is 3.07 bits per heavy atom. The molecule has 0 heterocycles. The van der Waals surface area contributed by atoms with Crippen molar-refractivity contribution in [2.45, 2.75) is 51.0 Å². The molecule has 0 aliphatic heterocycles. The van der Waals surface area contributed by atoms with Gasteiger partial charge in [-0.3, -0.25) is 4.79 Å². The number of ketones is 1. The second-order valence-electron chi connectivity index (χ2n) is 5.11. The Hall–Kier alpha value is -0.630. The van der Waals surface area contributed by atoms with Crippen molar-refractivity contribution < 1.29 is 9.90 Å². The lowest BCUT2D eigenvalue weighted by molar-refractivity contribution is -0.133. The van der Waals surface area contributed by atoms with Crippen LogP contribution in [0.5, 0.6) is 0 Å². The molecule has 0 aromatic heterocycles. The van der Waals surface area contributed by atoms with E-state index in [4.69, 9.17) is 0 Å². The summed E-state index contributed by atoms with van der Waals surface area (Å²) in [5, 5.41) is 10.2.